The van der Waals surface area contributed by atoms with E-state index in [-0.39, 0.29) is 5.91 Å². The number of hydrogen-bond donors (Lipinski definition) is 3. The topological polar surface area (TPSA) is 66.4 Å². The minimum atomic E-state index is -0.943. The number of amides is 1. The normalized spacial score (nSPS) is 12.1. The monoisotopic (exact) mass is 289 g/mol. The molecule has 0 aliphatic rings. The van der Waals surface area contributed by atoms with Crippen molar-refractivity contribution in [1.82, 2.24) is 5.32 Å². The predicted molar refractivity (Wildman–Crippen MR) is 80.6 cm³/mol. The van der Waals surface area contributed by atoms with Crippen LogP contribution >= 0.6 is 12.6 Å². The summed E-state index contributed by atoms with van der Waals surface area (Å²) in [4.78, 5) is 21.7. The average Bonchev–Trinajstić information content (AvgIpc) is 2.34. The molecule has 19 heavy (non-hydrogen) atoms. The van der Waals surface area contributed by atoms with Gasteiger partial charge < -0.3 is 10.4 Å². The van der Waals surface area contributed by atoms with Crippen molar-refractivity contribution < 1.29 is 14.7 Å². The van der Waals surface area contributed by atoms with E-state index in [1.165, 1.54) is 39.0 Å². The van der Waals surface area contributed by atoms with Gasteiger partial charge in [-0.05, 0) is 18.6 Å². The standard InChI is InChI=1S/C14H27NO3S/c1-12(16)15-13(14(17)18)10-8-6-4-2-3-5-7-9-11-19/h13,19H,2-11H2,1H3,(H,15,16)(H,17,18). The van der Waals surface area contributed by atoms with Crippen LogP contribution in [-0.2, 0) is 9.59 Å². The van der Waals surface area contributed by atoms with Gasteiger partial charge in [0.15, 0.2) is 0 Å². The number of nitrogens with one attached hydrogen (secondary N) is 1. The second kappa shape index (κ2) is 12.3. The summed E-state index contributed by atoms with van der Waals surface area (Å²) in [7, 11) is 0. The van der Waals surface area contributed by atoms with Crippen molar-refractivity contribution >= 4 is 24.5 Å². The van der Waals surface area contributed by atoms with Gasteiger partial charge in [-0.2, -0.15) is 12.6 Å². The van der Waals surface area contributed by atoms with Crippen molar-refractivity contribution in [2.24, 2.45) is 0 Å². The molecule has 0 aromatic heterocycles. The van der Waals surface area contributed by atoms with Gasteiger partial charge in [0, 0.05) is 6.92 Å². The van der Waals surface area contributed by atoms with E-state index in [4.69, 9.17) is 5.11 Å². The lowest BCUT2D eigenvalue weighted by Crippen LogP contribution is -2.39. The van der Waals surface area contributed by atoms with Crippen LogP contribution in [0.3, 0.4) is 0 Å². The van der Waals surface area contributed by atoms with Gasteiger partial charge in [-0.25, -0.2) is 4.79 Å². The second-order valence-corrected chi connectivity index (χ2v) is 5.38. The number of rotatable bonds is 12. The molecule has 1 unspecified atom stereocenters. The summed E-state index contributed by atoms with van der Waals surface area (Å²) in [6.07, 6.45) is 9.75. The van der Waals surface area contributed by atoms with E-state index in [1.807, 2.05) is 0 Å². The molecule has 0 spiro atoms. The fourth-order valence-electron chi connectivity index (χ4n) is 2.02. The first-order valence-electron chi connectivity index (χ1n) is 7.18. The lowest BCUT2D eigenvalue weighted by atomic mass is 10.0. The van der Waals surface area contributed by atoms with Crippen LogP contribution in [0.1, 0.15) is 64.7 Å². The van der Waals surface area contributed by atoms with Gasteiger partial charge in [0.1, 0.15) is 6.04 Å². The van der Waals surface area contributed by atoms with Crippen molar-refractivity contribution in [2.75, 3.05) is 5.75 Å². The first-order chi connectivity index (χ1) is 9.07. The van der Waals surface area contributed by atoms with Crippen LogP contribution < -0.4 is 5.32 Å². The molecule has 0 fully saturated rings. The second-order valence-electron chi connectivity index (χ2n) is 4.93. The van der Waals surface area contributed by atoms with Crippen LogP contribution in [0.25, 0.3) is 0 Å². The fraction of sp³-hybridized carbons (Fsp3) is 0.857. The van der Waals surface area contributed by atoms with E-state index in [9.17, 15) is 9.59 Å². The summed E-state index contributed by atoms with van der Waals surface area (Å²) in [5, 5.41) is 11.4. The summed E-state index contributed by atoms with van der Waals surface area (Å²) < 4.78 is 0. The molecule has 0 rings (SSSR count). The quantitative estimate of drug-likeness (QED) is 0.382. The zero-order chi connectivity index (χ0) is 14.5. The zero-order valence-corrected chi connectivity index (χ0v) is 12.8. The molecule has 0 saturated heterocycles. The molecule has 0 aromatic carbocycles. The zero-order valence-electron chi connectivity index (χ0n) is 11.9. The molecule has 112 valence electrons. The number of aliphatic carboxylic acids is 1. The van der Waals surface area contributed by atoms with Crippen molar-refractivity contribution in [3.8, 4) is 0 Å². The summed E-state index contributed by atoms with van der Waals surface area (Å²) in [5.41, 5.74) is 0. The summed E-state index contributed by atoms with van der Waals surface area (Å²) in [6, 6.07) is -0.729. The van der Waals surface area contributed by atoms with E-state index in [2.05, 4.69) is 17.9 Å². The van der Waals surface area contributed by atoms with Gasteiger partial charge in [-0.1, -0.05) is 44.9 Å². The van der Waals surface area contributed by atoms with Gasteiger partial charge in [0.05, 0.1) is 0 Å². The number of carbonyl (C=O) groups excluding carboxylic acids is 1. The Morgan fingerprint density at radius 1 is 1.00 bits per heavy atom. The summed E-state index contributed by atoms with van der Waals surface area (Å²) >= 11 is 4.17. The Hall–Kier alpha value is -0.710. The maximum Gasteiger partial charge on any atom is 0.326 e. The van der Waals surface area contributed by atoms with Crippen LogP contribution in [0.2, 0.25) is 0 Å². The summed E-state index contributed by atoms with van der Waals surface area (Å²) in [6.45, 7) is 1.35. The minimum absolute atomic E-state index is 0.281. The van der Waals surface area contributed by atoms with E-state index in [0.29, 0.717) is 6.42 Å². The van der Waals surface area contributed by atoms with E-state index < -0.39 is 12.0 Å². The third kappa shape index (κ3) is 12.1. The van der Waals surface area contributed by atoms with Gasteiger partial charge in [0.25, 0.3) is 0 Å². The van der Waals surface area contributed by atoms with Gasteiger partial charge in [-0.15, -0.1) is 0 Å². The van der Waals surface area contributed by atoms with Crippen LogP contribution in [0.4, 0.5) is 0 Å². The number of unbranched alkanes of at least 4 members (excludes halogenated alkanes) is 7. The molecule has 0 bridgehead atoms. The third-order valence-electron chi connectivity index (χ3n) is 3.08. The first-order valence-corrected chi connectivity index (χ1v) is 7.82. The smallest absolute Gasteiger partial charge is 0.326 e. The number of hydrogen-bond acceptors (Lipinski definition) is 3. The van der Waals surface area contributed by atoms with Gasteiger partial charge >= 0.3 is 5.97 Å². The average molecular weight is 289 g/mol. The number of thiol groups is 1. The third-order valence-corrected chi connectivity index (χ3v) is 3.39. The van der Waals surface area contributed by atoms with Crippen molar-refractivity contribution in [3.63, 3.8) is 0 Å². The molecule has 1 amide bonds. The first kappa shape index (κ1) is 18.3. The maximum absolute atomic E-state index is 10.9. The molecule has 5 heteroatoms. The Balaban J connectivity index is 3.45. The molecule has 0 heterocycles. The van der Waals surface area contributed by atoms with Crippen LogP contribution in [0.5, 0.6) is 0 Å². The van der Waals surface area contributed by atoms with E-state index >= 15 is 0 Å². The van der Waals surface area contributed by atoms with Gasteiger partial charge in [0.2, 0.25) is 5.91 Å². The summed E-state index contributed by atoms with van der Waals surface area (Å²) in [5.74, 6) is -0.252. The lowest BCUT2D eigenvalue weighted by molar-refractivity contribution is -0.141. The Labute approximate surface area is 121 Å². The molecule has 0 aromatic rings. The predicted octanol–water partition coefficient (Wildman–Crippen LogP) is 3.02. The molecule has 0 radical (unpaired) electrons. The van der Waals surface area contributed by atoms with Crippen LogP contribution in [-0.4, -0.2) is 28.8 Å². The molecule has 0 saturated carbocycles. The highest BCUT2D eigenvalue weighted by atomic mass is 32.1. The number of carboxylic acid groups (broad SMARTS) is 1. The lowest BCUT2D eigenvalue weighted by Gasteiger charge is -2.12. The largest absolute Gasteiger partial charge is 0.480 e. The van der Waals surface area contributed by atoms with E-state index in [0.717, 1.165) is 25.0 Å². The van der Waals surface area contributed by atoms with E-state index in [1.54, 1.807) is 0 Å². The molecule has 2 N–H and O–H groups in total. The highest BCUT2D eigenvalue weighted by Gasteiger charge is 2.17. The molecular formula is C14H27NO3S. The Kier molecular flexibility index (Phi) is 11.9. The maximum atomic E-state index is 10.9. The molecular weight excluding hydrogens is 262 g/mol. The molecule has 0 aliphatic carbocycles. The minimum Gasteiger partial charge on any atom is -0.480 e. The highest BCUT2D eigenvalue weighted by Crippen LogP contribution is 2.11. The number of carboxylic acids is 1. The fourth-order valence-corrected chi connectivity index (χ4v) is 2.25. The molecule has 4 nitrogen and oxygen atoms in total. The Morgan fingerprint density at radius 2 is 1.47 bits per heavy atom. The SMILES string of the molecule is CC(=O)NC(CCCCCCCCCCS)C(=O)O. The molecule has 0 aliphatic heterocycles. The van der Waals surface area contributed by atoms with Crippen molar-refractivity contribution in [3.05, 3.63) is 0 Å². The van der Waals surface area contributed by atoms with Crippen LogP contribution in [0, 0.1) is 0 Å². The van der Waals surface area contributed by atoms with Crippen LogP contribution in [0.15, 0.2) is 0 Å². The Morgan fingerprint density at radius 3 is 1.89 bits per heavy atom. The molecule has 1 atom stereocenters. The van der Waals surface area contributed by atoms with Crippen molar-refractivity contribution in [1.29, 1.82) is 0 Å². The highest BCUT2D eigenvalue weighted by molar-refractivity contribution is 7.80. The van der Waals surface area contributed by atoms with Gasteiger partial charge in [-0.3, -0.25) is 4.79 Å². The van der Waals surface area contributed by atoms with Crippen molar-refractivity contribution in [2.45, 2.75) is 70.8 Å². The Bertz CT molecular complexity index is 259. The number of carbonyl (C=O) groups is 2.